The fourth-order valence-electron chi connectivity index (χ4n) is 5.62. The van der Waals surface area contributed by atoms with Gasteiger partial charge in [0, 0.05) is 62.2 Å². The Kier molecular flexibility index (Phi) is 7.56. The number of nitrogens with one attached hydrogen (secondary N) is 2. The van der Waals surface area contributed by atoms with E-state index in [1.54, 1.807) is 0 Å². The molecule has 1 aliphatic carbocycles. The number of fused-ring (bicyclic) bond motifs is 3. The van der Waals surface area contributed by atoms with Crippen molar-refractivity contribution in [2.75, 3.05) is 56.9 Å². The molecule has 0 saturated carbocycles. The third-order valence-corrected chi connectivity index (χ3v) is 7.87. The molecule has 8 heteroatoms. The normalized spacial score (nSPS) is 17.4. The summed E-state index contributed by atoms with van der Waals surface area (Å²) in [5.74, 6) is 1.82. The van der Waals surface area contributed by atoms with Gasteiger partial charge in [0.25, 0.3) is 0 Å². The number of rotatable bonds is 9. The van der Waals surface area contributed by atoms with Gasteiger partial charge < -0.3 is 25.0 Å². The standard InChI is InChI=1S/C31H37N7O/c1-22-18-26(36-39-22)21-33-25-10-8-23(9-11-25)29-19-24-20-34-31(35-30(24)28-7-4-3-6-27(28)29)32-12-5-13-38-16-14-37(2)15-17-38/h3-4,6-11,18,20,29,33H,5,12-17,19,21H2,1-2H3,(H,32,34,35). The molecule has 202 valence electrons. The van der Waals surface area contributed by atoms with Crippen molar-refractivity contribution in [1.29, 1.82) is 0 Å². The largest absolute Gasteiger partial charge is 0.379 e. The quantitative estimate of drug-likeness (QED) is 0.303. The van der Waals surface area contributed by atoms with Gasteiger partial charge in [0.1, 0.15) is 11.5 Å². The highest BCUT2D eigenvalue weighted by atomic mass is 16.5. The van der Waals surface area contributed by atoms with Crippen LogP contribution in [0.15, 0.2) is 65.3 Å². The first-order valence-corrected chi connectivity index (χ1v) is 14.0. The van der Waals surface area contributed by atoms with Gasteiger partial charge in [-0.05, 0) is 62.2 Å². The Balaban J connectivity index is 1.11. The van der Waals surface area contributed by atoms with Gasteiger partial charge in [-0.3, -0.25) is 0 Å². The van der Waals surface area contributed by atoms with E-state index in [1.807, 2.05) is 19.2 Å². The number of hydrogen-bond acceptors (Lipinski definition) is 8. The smallest absolute Gasteiger partial charge is 0.223 e. The topological polar surface area (TPSA) is 82.4 Å². The zero-order valence-electron chi connectivity index (χ0n) is 22.9. The van der Waals surface area contributed by atoms with Crippen LogP contribution in [0, 0.1) is 6.92 Å². The van der Waals surface area contributed by atoms with Crippen molar-refractivity contribution in [2.45, 2.75) is 32.2 Å². The minimum absolute atomic E-state index is 0.270. The van der Waals surface area contributed by atoms with Gasteiger partial charge in [-0.25, -0.2) is 9.97 Å². The van der Waals surface area contributed by atoms with E-state index in [9.17, 15) is 0 Å². The third kappa shape index (κ3) is 5.97. The Bertz CT molecular complexity index is 1390. The van der Waals surface area contributed by atoms with Crippen LogP contribution in [0.2, 0.25) is 0 Å². The lowest BCUT2D eigenvalue weighted by molar-refractivity contribution is 0.154. The van der Waals surface area contributed by atoms with Gasteiger partial charge in [0.05, 0.1) is 12.2 Å². The second kappa shape index (κ2) is 11.6. The van der Waals surface area contributed by atoms with E-state index in [1.165, 1.54) is 22.3 Å². The highest BCUT2D eigenvalue weighted by Gasteiger charge is 2.27. The summed E-state index contributed by atoms with van der Waals surface area (Å²) in [6, 6.07) is 19.4. The molecule has 39 heavy (non-hydrogen) atoms. The van der Waals surface area contributed by atoms with Crippen molar-refractivity contribution in [3.8, 4) is 11.3 Å². The minimum atomic E-state index is 0.270. The lowest BCUT2D eigenvalue weighted by Gasteiger charge is -2.32. The Labute approximate surface area is 230 Å². The summed E-state index contributed by atoms with van der Waals surface area (Å²) in [7, 11) is 2.20. The number of aromatic nitrogens is 3. The number of aryl methyl sites for hydroxylation is 1. The number of anilines is 2. The molecule has 1 aliphatic heterocycles. The average molecular weight is 524 g/mol. The van der Waals surface area contributed by atoms with Crippen LogP contribution in [0.3, 0.4) is 0 Å². The summed E-state index contributed by atoms with van der Waals surface area (Å²) in [5, 5.41) is 11.0. The molecule has 0 bridgehead atoms. The van der Waals surface area contributed by atoms with Crippen molar-refractivity contribution >= 4 is 11.6 Å². The van der Waals surface area contributed by atoms with Crippen LogP contribution >= 0.6 is 0 Å². The van der Waals surface area contributed by atoms with Crippen LogP contribution in [-0.2, 0) is 13.0 Å². The number of hydrogen-bond donors (Lipinski definition) is 2. The van der Waals surface area contributed by atoms with E-state index in [-0.39, 0.29) is 5.92 Å². The fraction of sp³-hybridized carbons (Fsp3) is 0.387. The predicted molar refractivity (Wildman–Crippen MR) is 155 cm³/mol. The Hall–Kier alpha value is -3.75. The molecule has 1 fully saturated rings. The van der Waals surface area contributed by atoms with Crippen molar-refractivity contribution in [3.05, 3.63) is 88.9 Å². The summed E-state index contributed by atoms with van der Waals surface area (Å²) in [6.45, 7) is 9.18. The molecule has 0 spiro atoms. The van der Waals surface area contributed by atoms with Gasteiger partial charge in [-0.15, -0.1) is 0 Å². The maximum atomic E-state index is 5.16. The van der Waals surface area contributed by atoms with Crippen LogP contribution in [0.1, 0.15) is 40.5 Å². The van der Waals surface area contributed by atoms with Gasteiger partial charge in [0.15, 0.2) is 0 Å². The third-order valence-electron chi connectivity index (χ3n) is 7.87. The van der Waals surface area contributed by atoms with Crippen LogP contribution in [0.4, 0.5) is 11.6 Å². The van der Waals surface area contributed by atoms with Crippen molar-refractivity contribution in [2.24, 2.45) is 0 Å². The number of benzene rings is 2. The van der Waals surface area contributed by atoms with E-state index in [2.05, 4.69) is 81.2 Å². The summed E-state index contributed by atoms with van der Waals surface area (Å²) in [5.41, 5.74) is 8.04. The molecule has 0 amide bonds. The van der Waals surface area contributed by atoms with Gasteiger partial charge in [-0.2, -0.15) is 0 Å². The summed E-state index contributed by atoms with van der Waals surface area (Å²) in [6.07, 6.45) is 4.00. The first-order chi connectivity index (χ1) is 19.1. The van der Waals surface area contributed by atoms with Crippen molar-refractivity contribution in [3.63, 3.8) is 0 Å². The number of piperazine rings is 1. The monoisotopic (exact) mass is 523 g/mol. The molecule has 0 radical (unpaired) electrons. The molecule has 1 atom stereocenters. The molecule has 6 rings (SSSR count). The predicted octanol–water partition coefficient (Wildman–Crippen LogP) is 4.79. The molecule has 1 unspecified atom stereocenters. The lowest BCUT2D eigenvalue weighted by atomic mass is 9.78. The fourth-order valence-corrected chi connectivity index (χ4v) is 5.62. The molecular formula is C31H37N7O. The van der Waals surface area contributed by atoms with E-state index >= 15 is 0 Å². The zero-order valence-corrected chi connectivity index (χ0v) is 22.9. The first kappa shape index (κ1) is 25.5. The molecule has 4 aromatic rings. The van der Waals surface area contributed by atoms with Crippen LogP contribution in [-0.4, -0.2) is 71.2 Å². The van der Waals surface area contributed by atoms with Crippen molar-refractivity contribution < 1.29 is 4.52 Å². The molecule has 2 N–H and O–H groups in total. The molecule has 3 heterocycles. The first-order valence-electron chi connectivity index (χ1n) is 14.0. The maximum Gasteiger partial charge on any atom is 0.223 e. The highest BCUT2D eigenvalue weighted by Crippen LogP contribution is 2.42. The van der Waals surface area contributed by atoms with E-state index in [0.717, 1.165) is 80.9 Å². The highest BCUT2D eigenvalue weighted by molar-refractivity contribution is 5.72. The van der Waals surface area contributed by atoms with Crippen LogP contribution in [0.5, 0.6) is 0 Å². The molecule has 2 aromatic heterocycles. The Morgan fingerprint density at radius 1 is 1.00 bits per heavy atom. The SMILES string of the molecule is Cc1cc(CNc2ccc(C3Cc4cnc(NCCCN5CCN(C)CC5)nc4-c4ccccc43)cc2)no1. The Morgan fingerprint density at radius 3 is 2.62 bits per heavy atom. The van der Waals surface area contributed by atoms with Gasteiger partial charge in [-0.1, -0.05) is 41.6 Å². The van der Waals surface area contributed by atoms with E-state index in [0.29, 0.717) is 6.54 Å². The average Bonchev–Trinajstić information content (AvgIpc) is 3.40. The van der Waals surface area contributed by atoms with E-state index < -0.39 is 0 Å². The summed E-state index contributed by atoms with van der Waals surface area (Å²) < 4.78 is 5.16. The summed E-state index contributed by atoms with van der Waals surface area (Å²) in [4.78, 5) is 14.6. The van der Waals surface area contributed by atoms with Crippen LogP contribution < -0.4 is 10.6 Å². The summed E-state index contributed by atoms with van der Waals surface area (Å²) >= 11 is 0. The van der Waals surface area contributed by atoms with Crippen molar-refractivity contribution in [1.82, 2.24) is 24.9 Å². The molecular weight excluding hydrogens is 486 g/mol. The molecule has 2 aromatic carbocycles. The second-order valence-electron chi connectivity index (χ2n) is 10.7. The number of nitrogens with zero attached hydrogens (tertiary/aromatic N) is 5. The second-order valence-corrected chi connectivity index (χ2v) is 10.7. The molecule has 2 aliphatic rings. The lowest BCUT2D eigenvalue weighted by Crippen LogP contribution is -2.44. The van der Waals surface area contributed by atoms with Gasteiger partial charge in [0.2, 0.25) is 5.95 Å². The van der Waals surface area contributed by atoms with Crippen LogP contribution in [0.25, 0.3) is 11.3 Å². The maximum absolute atomic E-state index is 5.16. The Morgan fingerprint density at radius 2 is 1.82 bits per heavy atom. The van der Waals surface area contributed by atoms with Gasteiger partial charge >= 0.3 is 0 Å². The number of likely N-dealkylation sites (N-methyl/N-ethyl adjacent to an activating group) is 1. The van der Waals surface area contributed by atoms with E-state index in [4.69, 9.17) is 14.5 Å². The molecule has 1 saturated heterocycles. The minimum Gasteiger partial charge on any atom is -0.379 e. The molecule has 8 nitrogen and oxygen atoms in total. The zero-order chi connectivity index (χ0) is 26.6.